The van der Waals surface area contributed by atoms with E-state index in [0.29, 0.717) is 28.6 Å². The van der Waals surface area contributed by atoms with Crippen LogP contribution in [-0.4, -0.2) is 36.1 Å². The molecule has 0 spiro atoms. The third kappa shape index (κ3) is 3.73. The van der Waals surface area contributed by atoms with Gasteiger partial charge in [0.1, 0.15) is 0 Å². The molecule has 25 heavy (non-hydrogen) atoms. The SMILES string of the molecule is CC(O)CSc1nc2c(c(=O)[nH]c(=O)n2C)n1Cc1cccc(Br)c1. The van der Waals surface area contributed by atoms with E-state index in [4.69, 9.17) is 0 Å². The number of aliphatic hydroxyl groups is 1. The minimum atomic E-state index is -0.508. The molecule has 2 heterocycles. The van der Waals surface area contributed by atoms with Crippen molar-refractivity contribution in [1.29, 1.82) is 0 Å². The molecule has 0 aliphatic rings. The smallest absolute Gasteiger partial charge is 0.329 e. The van der Waals surface area contributed by atoms with E-state index in [0.717, 1.165) is 10.0 Å². The van der Waals surface area contributed by atoms with Crippen molar-refractivity contribution in [2.45, 2.75) is 24.7 Å². The number of aromatic nitrogens is 4. The van der Waals surface area contributed by atoms with Crippen molar-refractivity contribution in [1.82, 2.24) is 19.1 Å². The number of fused-ring (bicyclic) bond motifs is 1. The summed E-state index contributed by atoms with van der Waals surface area (Å²) in [6.45, 7) is 2.12. The molecule has 3 rings (SSSR count). The number of imidazole rings is 1. The van der Waals surface area contributed by atoms with Crippen LogP contribution in [-0.2, 0) is 13.6 Å². The van der Waals surface area contributed by atoms with Crippen LogP contribution in [0.5, 0.6) is 0 Å². The van der Waals surface area contributed by atoms with E-state index in [2.05, 4.69) is 25.9 Å². The molecule has 0 amide bonds. The van der Waals surface area contributed by atoms with Crippen molar-refractivity contribution in [2.24, 2.45) is 7.05 Å². The van der Waals surface area contributed by atoms with Crippen molar-refractivity contribution in [3.8, 4) is 0 Å². The van der Waals surface area contributed by atoms with E-state index in [9.17, 15) is 14.7 Å². The van der Waals surface area contributed by atoms with Crippen LogP contribution >= 0.6 is 27.7 Å². The normalized spacial score (nSPS) is 12.6. The molecule has 0 saturated carbocycles. The number of hydrogen-bond acceptors (Lipinski definition) is 5. The van der Waals surface area contributed by atoms with E-state index in [-0.39, 0.29) is 0 Å². The molecule has 0 fully saturated rings. The number of rotatable bonds is 5. The predicted octanol–water partition coefficient (Wildman–Crippen LogP) is 1.71. The minimum Gasteiger partial charge on any atom is -0.393 e. The first kappa shape index (κ1) is 18.0. The van der Waals surface area contributed by atoms with E-state index in [1.165, 1.54) is 16.3 Å². The highest BCUT2D eigenvalue weighted by Crippen LogP contribution is 2.24. The van der Waals surface area contributed by atoms with Crippen molar-refractivity contribution in [3.63, 3.8) is 0 Å². The molecule has 1 atom stereocenters. The maximum Gasteiger partial charge on any atom is 0.329 e. The fourth-order valence-corrected chi connectivity index (χ4v) is 3.78. The summed E-state index contributed by atoms with van der Waals surface area (Å²) in [4.78, 5) is 31.0. The first-order valence-electron chi connectivity index (χ1n) is 7.61. The molecule has 2 aromatic heterocycles. The van der Waals surface area contributed by atoms with Gasteiger partial charge in [0.2, 0.25) is 0 Å². The number of aryl methyl sites for hydroxylation is 1. The van der Waals surface area contributed by atoms with Crippen LogP contribution < -0.4 is 11.2 Å². The van der Waals surface area contributed by atoms with Crippen LogP contribution in [0.25, 0.3) is 11.2 Å². The molecule has 0 bridgehead atoms. The highest BCUT2D eigenvalue weighted by molar-refractivity contribution is 9.10. The summed E-state index contributed by atoms with van der Waals surface area (Å²) in [5.74, 6) is 0.438. The number of halogens is 1. The Morgan fingerprint density at radius 1 is 1.40 bits per heavy atom. The minimum absolute atomic E-state index is 0.330. The number of benzene rings is 1. The number of hydrogen-bond donors (Lipinski definition) is 2. The second-order valence-corrected chi connectivity index (χ2v) is 7.66. The number of H-pyrrole nitrogens is 1. The van der Waals surface area contributed by atoms with Crippen LogP contribution in [0.4, 0.5) is 0 Å². The average Bonchev–Trinajstić information content (AvgIpc) is 2.90. The van der Waals surface area contributed by atoms with Crippen LogP contribution in [0.1, 0.15) is 12.5 Å². The second kappa shape index (κ2) is 7.19. The monoisotopic (exact) mass is 424 g/mol. The molecule has 2 N–H and O–H groups in total. The predicted molar refractivity (Wildman–Crippen MR) is 101 cm³/mol. The summed E-state index contributed by atoms with van der Waals surface area (Å²) < 4.78 is 4.04. The Hall–Kier alpha value is -1.84. The van der Waals surface area contributed by atoms with Crippen LogP contribution in [0.3, 0.4) is 0 Å². The Bertz CT molecular complexity index is 1040. The van der Waals surface area contributed by atoms with Gasteiger partial charge in [0, 0.05) is 17.3 Å². The van der Waals surface area contributed by atoms with Gasteiger partial charge in [0.15, 0.2) is 16.3 Å². The molecule has 7 nitrogen and oxygen atoms in total. The molecule has 0 radical (unpaired) electrons. The van der Waals surface area contributed by atoms with E-state index in [1.54, 1.807) is 18.5 Å². The second-order valence-electron chi connectivity index (χ2n) is 5.76. The van der Waals surface area contributed by atoms with Gasteiger partial charge < -0.3 is 9.67 Å². The number of nitrogens with zero attached hydrogens (tertiary/aromatic N) is 3. The Balaban J connectivity index is 2.18. The van der Waals surface area contributed by atoms with Gasteiger partial charge in [-0.15, -0.1) is 0 Å². The lowest BCUT2D eigenvalue weighted by atomic mass is 10.2. The molecule has 1 unspecified atom stereocenters. The molecule has 132 valence electrons. The van der Waals surface area contributed by atoms with E-state index in [1.807, 2.05) is 24.3 Å². The molecule has 0 saturated heterocycles. The third-order valence-corrected chi connectivity index (χ3v) is 5.37. The maximum atomic E-state index is 12.4. The van der Waals surface area contributed by atoms with Gasteiger partial charge in [0.05, 0.1) is 12.6 Å². The highest BCUT2D eigenvalue weighted by atomic mass is 79.9. The van der Waals surface area contributed by atoms with Gasteiger partial charge >= 0.3 is 5.69 Å². The maximum absolute atomic E-state index is 12.4. The number of nitrogens with one attached hydrogen (secondary N) is 1. The standard InChI is InChI=1S/C16H17BrN4O3S/c1-9(22)8-25-16-18-13-12(14(23)19-15(24)20(13)2)21(16)7-10-4-3-5-11(17)6-10/h3-6,9,22H,7-8H2,1-2H3,(H,19,23,24). The van der Waals surface area contributed by atoms with Crippen LogP contribution in [0, 0.1) is 0 Å². The lowest BCUT2D eigenvalue weighted by Gasteiger charge is -2.10. The largest absolute Gasteiger partial charge is 0.393 e. The van der Waals surface area contributed by atoms with Crippen molar-refractivity contribution >= 4 is 38.9 Å². The van der Waals surface area contributed by atoms with Gasteiger partial charge in [-0.3, -0.25) is 14.3 Å². The van der Waals surface area contributed by atoms with Gasteiger partial charge in [-0.25, -0.2) is 9.78 Å². The molecule has 3 aromatic rings. The first-order valence-corrected chi connectivity index (χ1v) is 9.39. The third-order valence-electron chi connectivity index (χ3n) is 3.66. The summed E-state index contributed by atoms with van der Waals surface area (Å²) in [7, 11) is 1.57. The van der Waals surface area contributed by atoms with Crippen LogP contribution in [0.2, 0.25) is 0 Å². The molecule has 9 heteroatoms. The van der Waals surface area contributed by atoms with Crippen LogP contribution in [0.15, 0.2) is 43.5 Å². The highest BCUT2D eigenvalue weighted by Gasteiger charge is 2.18. The summed E-state index contributed by atoms with van der Waals surface area (Å²) in [6.07, 6.45) is -0.508. The Labute approximate surface area is 155 Å². The number of aromatic amines is 1. The zero-order chi connectivity index (χ0) is 18.1. The van der Waals surface area contributed by atoms with Crippen molar-refractivity contribution in [3.05, 3.63) is 55.1 Å². The molecule has 1 aromatic carbocycles. The van der Waals surface area contributed by atoms with E-state index < -0.39 is 17.4 Å². The lowest BCUT2D eigenvalue weighted by molar-refractivity contribution is 0.220. The summed E-state index contributed by atoms with van der Waals surface area (Å²) >= 11 is 4.79. The number of aliphatic hydroxyl groups excluding tert-OH is 1. The number of thioether (sulfide) groups is 1. The zero-order valence-electron chi connectivity index (χ0n) is 13.7. The summed E-state index contributed by atoms with van der Waals surface area (Å²) in [5, 5.41) is 10.2. The fourth-order valence-electron chi connectivity index (χ4n) is 2.48. The van der Waals surface area contributed by atoms with Gasteiger partial charge in [-0.2, -0.15) is 0 Å². The van der Waals surface area contributed by atoms with Crippen molar-refractivity contribution < 1.29 is 5.11 Å². The Morgan fingerprint density at radius 2 is 2.16 bits per heavy atom. The summed E-state index contributed by atoms with van der Waals surface area (Å²) in [5.41, 5.74) is 0.689. The van der Waals surface area contributed by atoms with Gasteiger partial charge in [0.25, 0.3) is 5.56 Å². The Morgan fingerprint density at radius 3 is 2.84 bits per heavy atom. The topological polar surface area (TPSA) is 92.9 Å². The summed E-state index contributed by atoms with van der Waals surface area (Å²) in [6, 6.07) is 7.76. The lowest BCUT2D eigenvalue weighted by Crippen LogP contribution is -2.29. The first-order chi connectivity index (χ1) is 11.9. The average molecular weight is 425 g/mol. The van der Waals surface area contributed by atoms with Gasteiger partial charge in [-0.1, -0.05) is 39.8 Å². The molecular weight excluding hydrogens is 408 g/mol. The zero-order valence-corrected chi connectivity index (χ0v) is 16.1. The molecule has 0 aliphatic heterocycles. The van der Waals surface area contributed by atoms with E-state index >= 15 is 0 Å². The quantitative estimate of drug-likeness (QED) is 0.608. The fraction of sp³-hybridized carbons (Fsp3) is 0.312. The Kier molecular flexibility index (Phi) is 5.16. The molecule has 0 aliphatic carbocycles. The van der Waals surface area contributed by atoms with Gasteiger partial charge in [-0.05, 0) is 24.6 Å². The van der Waals surface area contributed by atoms with Crippen molar-refractivity contribution in [2.75, 3.05) is 5.75 Å². The molecular formula is C16H17BrN4O3S.